The van der Waals surface area contributed by atoms with Crippen LogP contribution in [0.25, 0.3) is 0 Å². The van der Waals surface area contributed by atoms with Crippen molar-refractivity contribution in [1.82, 2.24) is 0 Å². The van der Waals surface area contributed by atoms with Gasteiger partial charge < -0.3 is 10.5 Å². The van der Waals surface area contributed by atoms with Gasteiger partial charge in [-0.05, 0) is 30.3 Å². The molecule has 0 saturated heterocycles. The van der Waals surface area contributed by atoms with Crippen molar-refractivity contribution in [3.8, 4) is 11.5 Å². The topological polar surface area (TPSA) is 35.2 Å². The van der Waals surface area contributed by atoms with Gasteiger partial charge >= 0.3 is 0 Å². The molecule has 0 spiro atoms. The molecule has 0 bridgehead atoms. The van der Waals surface area contributed by atoms with E-state index in [2.05, 4.69) is 0 Å². The van der Waals surface area contributed by atoms with E-state index in [0.29, 0.717) is 21.5 Å². The van der Waals surface area contributed by atoms with Crippen LogP contribution in [0.1, 0.15) is 0 Å². The van der Waals surface area contributed by atoms with Crippen molar-refractivity contribution >= 4 is 28.9 Å². The number of benzene rings is 2. The van der Waals surface area contributed by atoms with Crippen LogP contribution in [-0.4, -0.2) is 0 Å². The summed E-state index contributed by atoms with van der Waals surface area (Å²) in [6.07, 6.45) is 0. The number of anilines is 1. The molecule has 2 N–H and O–H groups in total. The molecule has 0 atom stereocenters. The molecule has 0 radical (unpaired) electrons. The quantitative estimate of drug-likeness (QED) is 0.816. The van der Waals surface area contributed by atoms with Gasteiger partial charge in [-0.25, -0.2) is 4.39 Å². The molecule has 0 amide bonds. The van der Waals surface area contributed by atoms with E-state index < -0.39 is 5.82 Å². The summed E-state index contributed by atoms with van der Waals surface area (Å²) in [5.74, 6) is 0.335. The Morgan fingerprint density at radius 3 is 2.35 bits per heavy atom. The third-order valence-corrected chi connectivity index (χ3v) is 2.62. The van der Waals surface area contributed by atoms with Crippen LogP contribution in [0.15, 0.2) is 36.4 Å². The van der Waals surface area contributed by atoms with Crippen LogP contribution in [0.3, 0.4) is 0 Å². The lowest BCUT2D eigenvalue weighted by Gasteiger charge is -2.09. The highest BCUT2D eigenvalue weighted by atomic mass is 35.5. The van der Waals surface area contributed by atoms with Crippen molar-refractivity contribution < 1.29 is 9.13 Å². The fraction of sp³-hybridized carbons (Fsp3) is 0. The Balaban J connectivity index is 2.31. The highest BCUT2D eigenvalue weighted by molar-refractivity contribution is 6.35. The fourth-order valence-corrected chi connectivity index (χ4v) is 1.74. The number of hydrogen-bond donors (Lipinski definition) is 1. The molecule has 0 heterocycles. The van der Waals surface area contributed by atoms with Crippen LogP contribution in [0.4, 0.5) is 10.1 Å². The molecule has 0 aliphatic rings. The van der Waals surface area contributed by atoms with E-state index in [4.69, 9.17) is 33.7 Å². The summed E-state index contributed by atoms with van der Waals surface area (Å²) >= 11 is 11.7. The number of rotatable bonds is 2. The van der Waals surface area contributed by atoms with E-state index >= 15 is 0 Å². The predicted molar refractivity (Wildman–Crippen MR) is 67.3 cm³/mol. The Kier molecular flexibility index (Phi) is 3.41. The van der Waals surface area contributed by atoms with E-state index in [1.807, 2.05) is 0 Å². The average Bonchev–Trinajstić information content (AvgIpc) is 2.25. The van der Waals surface area contributed by atoms with Gasteiger partial charge in [0.15, 0.2) is 5.75 Å². The van der Waals surface area contributed by atoms with Gasteiger partial charge in [-0.1, -0.05) is 23.2 Å². The molecule has 0 fully saturated rings. The van der Waals surface area contributed by atoms with Crippen molar-refractivity contribution in [3.63, 3.8) is 0 Å². The Bertz CT molecular complexity index is 511. The lowest BCUT2D eigenvalue weighted by Crippen LogP contribution is -1.93. The lowest BCUT2D eigenvalue weighted by atomic mass is 10.3. The number of ether oxygens (including phenoxy) is 1. The summed E-state index contributed by atoms with van der Waals surface area (Å²) in [6, 6.07) is 8.69. The van der Waals surface area contributed by atoms with Gasteiger partial charge in [0.25, 0.3) is 0 Å². The first kappa shape index (κ1) is 12.0. The molecule has 88 valence electrons. The normalized spacial score (nSPS) is 10.3. The van der Waals surface area contributed by atoms with E-state index in [0.717, 1.165) is 0 Å². The van der Waals surface area contributed by atoms with E-state index in [-0.39, 0.29) is 5.69 Å². The molecular formula is C12H8Cl2FNO. The molecule has 0 saturated carbocycles. The SMILES string of the molecule is Nc1cc(F)ccc1Oc1ccc(Cl)cc1Cl. The first-order valence-electron chi connectivity index (χ1n) is 4.74. The highest BCUT2D eigenvalue weighted by Crippen LogP contribution is 2.34. The molecule has 2 nitrogen and oxygen atoms in total. The summed E-state index contributed by atoms with van der Waals surface area (Å²) in [4.78, 5) is 0. The summed E-state index contributed by atoms with van der Waals surface area (Å²) in [5.41, 5.74) is 5.82. The van der Waals surface area contributed by atoms with Gasteiger partial charge in [0, 0.05) is 11.1 Å². The summed E-state index contributed by atoms with van der Waals surface area (Å²) in [7, 11) is 0. The molecule has 2 rings (SSSR count). The van der Waals surface area contributed by atoms with Crippen LogP contribution < -0.4 is 10.5 Å². The minimum absolute atomic E-state index is 0.205. The Hall–Kier alpha value is -1.45. The maximum Gasteiger partial charge on any atom is 0.150 e. The molecule has 0 aliphatic heterocycles. The van der Waals surface area contributed by atoms with Crippen molar-refractivity contribution in [1.29, 1.82) is 0 Å². The van der Waals surface area contributed by atoms with Gasteiger partial charge in [0.2, 0.25) is 0 Å². The maximum atomic E-state index is 12.8. The highest BCUT2D eigenvalue weighted by Gasteiger charge is 2.07. The van der Waals surface area contributed by atoms with Crippen molar-refractivity contribution in [2.24, 2.45) is 0 Å². The average molecular weight is 272 g/mol. The molecule has 17 heavy (non-hydrogen) atoms. The minimum Gasteiger partial charge on any atom is -0.454 e. The first-order valence-corrected chi connectivity index (χ1v) is 5.50. The number of nitrogens with two attached hydrogens (primary N) is 1. The number of halogens is 3. The van der Waals surface area contributed by atoms with Crippen LogP contribution >= 0.6 is 23.2 Å². The van der Waals surface area contributed by atoms with Crippen molar-refractivity contribution in [3.05, 3.63) is 52.3 Å². The molecule has 2 aromatic rings. The molecule has 0 unspecified atom stereocenters. The first-order chi connectivity index (χ1) is 8.06. The molecular weight excluding hydrogens is 264 g/mol. The zero-order valence-electron chi connectivity index (χ0n) is 8.58. The van der Waals surface area contributed by atoms with Crippen molar-refractivity contribution in [2.75, 3.05) is 5.73 Å². The number of nitrogen functional groups attached to an aromatic ring is 1. The zero-order valence-corrected chi connectivity index (χ0v) is 10.1. The van der Waals surface area contributed by atoms with Gasteiger partial charge in [-0.15, -0.1) is 0 Å². The van der Waals surface area contributed by atoms with E-state index in [1.54, 1.807) is 18.2 Å². The molecule has 2 aromatic carbocycles. The van der Waals surface area contributed by atoms with E-state index in [1.165, 1.54) is 18.2 Å². The molecule has 5 heteroatoms. The second kappa shape index (κ2) is 4.82. The van der Waals surface area contributed by atoms with E-state index in [9.17, 15) is 4.39 Å². The Labute approximate surface area is 108 Å². The minimum atomic E-state index is -0.419. The maximum absolute atomic E-state index is 12.8. The third kappa shape index (κ3) is 2.81. The van der Waals surface area contributed by atoms with Crippen LogP contribution in [0.5, 0.6) is 11.5 Å². The summed E-state index contributed by atoms with van der Waals surface area (Å²) < 4.78 is 18.3. The summed E-state index contributed by atoms with van der Waals surface area (Å²) in [6.45, 7) is 0. The summed E-state index contributed by atoms with van der Waals surface area (Å²) in [5, 5.41) is 0.871. The molecule has 0 aromatic heterocycles. The second-order valence-electron chi connectivity index (χ2n) is 3.36. The van der Waals surface area contributed by atoms with Gasteiger partial charge in [0.05, 0.1) is 10.7 Å². The zero-order chi connectivity index (χ0) is 12.4. The van der Waals surface area contributed by atoms with Crippen molar-refractivity contribution in [2.45, 2.75) is 0 Å². The standard InChI is InChI=1S/C12H8Cl2FNO/c13-7-1-3-11(9(14)5-7)17-12-4-2-8(15)6-10(12)16/h1-6H,16H2. The smallest absolute Gasteiger partial charge is 0.150 e. The van der Waals surface area contributed by atoms with Gasteiger partial charge in [-0.2, -0.15) is 0 Å². The third-order valence-electron chi connectivity index (χ3n) is 2.09. The Morgan fingerprint density at radius 2 is 1.71 bits per heavy atom. The fourth-order valence-electron chi connectivity index (χ4n) is 1.29. The second-order valence-corrected chi connectivity index (χ2v) is 4.20. The largest absolute Gasteiger partial charge is 0.454 e. The van der Waals surface area contributed by atoms with Gasteiger partial charge in [-0.3, -0.25) is 0 Å². The van der Waals surface area contributed by atoms with Crippen LogP contribution in [0.2, 0.25) is 10.0 Å². The van der Waals surface area contributed by atoms with Gasteiger partial charge in [0.1, 0.15) is 11.6 Å². The lowest BCUT2D eigenvalue weighted by molar-refractivity contribution is 0.483. The Morgan fingerprint density at radius 1 is 1.00 bits per heavy atom. The molecule has 0 aliphatic carbocycles. The monoisotopic (exact) mass is 271 g/mol. The number of hydrogen-bond acceptors (Lipinski definition) is 2. The van der Waals surface area contributed by atoms with Crippen LogP contribution in [0, 0.1) is 5.82 Å². The van der Waals surface area contributed by atoms with Crippen LogP contribution in [-0.2, 0) is 0 Å². The predicted octanol–water partition coefficient (Wildman–Crippen LogP) is 4.51.